The van der Waals surface area contributed by atoms with Crippen LogP contribution in [0.15, 0.2) is 87.2 Å². The number of thioether (sulfide) groups is 1. The van der Waals surface area contributed by atoms with Crippen LogP contribution in [-0.4, -0.2) is 21.2 Å². The molecule has 0 bridgehead atoms. The molecule has 0 atom stereocenters. The highest BCUT2D eigenvalue weighted by molar-refractivity contribution is 7.99. The van der Waals surface area contributed by atoms with Gasteiger partial charge >= 0.3 is 0 Å². The largest absolute Gasteiger partial charge is 0.448 e. The lowest BCUT2D eigenvalue weighted by Crippen LogP contribution is -2.24. The molecule has 3 aromatic carbocycles. The summed E-state index contributed by atoms with van der Waals surface area (Å²) in [5.74, 6) is -0.505. The second-order valence-electron chi connectivity index (χ2n) is 7.84. The number of nitrogens with zero attached hydrogens (tertiary/aromatic N) is 2. The fourth-order valence-corrected chi connectivity index (χ4v) is 4.50. The molecule has 0 aliphatic rings. The standard InChI is InChI=1S/C26H20FN3O3S/c1-16-6-2-4-8-20(16)28-22(31)15-34-26-29-23-19-7-3-5-9-21(19)33-24(23)25(32)30(26)14-17-10-12-18(27)13-11-17/h2-13H,14-15H2,1H3,(H,28,31). The first-order valence-electron chi connectivity index (χ1n) is 10.6. The quantitative estimate of drug-likeness (QED) is 0.265. The van der Waals surface area contributed by atoms with Gasteiger partial charge in [0, 0.05) is 11.1 Å². The van der Waals surface area contributed by atoms with Gasteiger partial charge in [0.1, 0.15) is 16.9 Å². The average Bonchev–Trinajstić information content (AvgIpc) is 3.21. The van der Waals surface area contributed by atoms with E-state index in [1.54, 1.807) is 18.2 Å². The highest BCUT2D eigenvalue weighted by atomic mass is 32.2. The molecule has 1 amide bonds. The van der Waals surface area contributed by atoms with Crippen LogP contribution < -0.4 is 10.9 Å². The van der Waals surface area contributed by atoms with Crippen molar-refractivity contribution in [1.82, 2.24) is 9.55 Å². The zero-order chi connectivity index (χ0) is 23.7. The number of hydrogen-bond donors (Lipinski definition) is 1. The molecule has 0 aliphatic heterocycles. The first kappa shape index (κ1) is 21.9. The number of rotatable bonds is 6. The number of aryl methyl sites for hydroxylation is 1. The van der Waals surface area contributed by atoms with E-state index in [-0.39, 0.29) is 35.2 Å². The monoisotopic (exact) mass is 473 g/mol. The Bertz CT molecular complexity index is 1570. The Morgan fingerprint density at radius 2 is 1.79 bits per heavy atom. The topological polar surface area (TPSA) is 77.1 Å². The van der Waals surface area contributed by atoms with Crippen LogP contribution in [0.1, 0.15) is 11.1 Å². The minimum absolute atomic E-state index is 0.0610. The van der Waals surface area contributed by atoms with Gasteiger partial charge < -0.3 is 9.73 Å². The summed E-state index contributed by atoms with van der Waals surface area (Å²) in [6, 6.07) is 20.7. The van der Waals surface area contributed by atoms with Gasteiger partial charge in [-0.2, -0.15) is 0 Å². The van der Waals surface area contributed by atoms with Crippen molar-refractivity contribution >= 4 is 45.4 Å². The first-order valence-corrected chi connectivity index (χ1v) is 11.6. The molecule has 5 rings (SSSR count). The van der Waals surface area contributed by atoms with E-state index in [9.17, 15) is 14.0 Å². The first-order chi connectivity index (χ1) is 16.5. The molecule has 0 spiro atoms. The minimum atomic E-state index is -0.357. The summed E-state index contributed by atoms with van der Waals surface area (Å²) < 4.78 is 20.7. The number of furan rings is 1. The second kappa shape index (κ2) is 9.15. The summed E-state index contributed by atoms with van der Waals surface area (Å²) in [5, 5.41) is 4.01. The van der Waals surface area contributed by atoms with E-state index in [4.69, 9.17) is 9.40 Å². The van der Waals surface area contributed by atoms with Crippen LogP contribution >= 0.6 is 11.8 Å². The van der Waals surface area contributed by atoms with Crippen molar-refractivity contribution in [3.05, 3.63) is 100 Å². The highest BCUT2D eigenvalue weighted by Gasteiger charge is 2.19. The van der Waals surface area contributed by atoms with Crippen molar-refractivity contribution < 1.29 is 13.6 Å². The molecule has 8 heteroatoms. The second-order valence-corrected chi connectivity index (χ2v) is 8.78. The van der Waals surface area contributed by atoms with Crippen molar-refractivity contribution in [3.8, 4) is 0 Å². The summed E-state index contributed by atoms with van der Waals surface area (Å²) in [5.41, 5.74) is 3.24. The number of halogens is 1. The van der Waals surface area contributed by atoms with E-state index in [2.05, 4.69) is 5.32 Å². The van der Waals surface area contributed by atoms with E-state index in [1.807, 2.05) is 49.4 Å². The average molecular weight is 474 g/mol. The number of amides is 1. The molecule has 0 saturated heterocycles. The van der Waals surface area contributed by atoms with Crippen LogP contribution in [0.2, 0.25) is 0 Å². The number of carbonyl (C=O) groups is 1. The van der Waals surface area contributed by atoms with Crippen LogP contribution in [0.4, 0.5) is 10.1 Å². The van der Waals surface area contributed by atoms with Crippen molar-refractivity contribution in [2.45, 2.75) is 18.6 Å². The van der Waals surface area contributed by atoms with E-state index in [0.717, 1.165) is 22.2 Å². The number of anilines is 1. The molecule has 170 valence electrons. The number of nitrogens with one attached hydrogen (secondary N) is 1. The molecule has 34 heavy (non-hydrogen) atoms. The number of fused-ring (bicyclic) bond motifs is 3. The van der Waals surface area contributed by atoms with Crippen LogP contribution in [-0.2, 0) is 11.3 Å². The van der Waals surface area contributed by atoms with Crippen LogP contribution in [0, 0.1) is 12.7 Å². The minimum Gasteiger partial charge on any atom is -0.448 e. The lowest BCUT2D eigenvalue weighted by molar-refractivity contribution is -0.113. The summed E-state index contributed by atoms with van der Waals surface area (Å²) in [6.45, 7) is 2.09. The van der Waals surface area contributed by atoms with Gasteiger partial charge in [-0.05, 0) is 48.4 Å². The third-order valence-corrected chi connectivity index (χ3v) is 6.43. The molecule has 0 fully saturated rings. The maximum absolute atomic E-state index is 13.4. The van der Waals surface area contributed by atoms with Crippen LogP contribution in [0.5, 0.6) is 0 Å². The van der Waals surface area contributed by atoms with Gasteiger partial charge in [-0.3, -0.25) is 14.2 Å². The number of para-hydroxylation sites is 2. The highest BCUT2D eigenvalue weighted by Crippen LogP contribution is 2.27. The SMILES string of the molecule is Cc1ccccc1NC(=O)CSc1nc2c(oc3ccccc32)c(=O)n1Cc1ccc(F)cc1. The molecule has 2 heterocycles. The number of hydrogen-bond acceptors (Lipinski definition) is 5. The zero-order valence-corrected chi connectivity index (χ0v) is 19.1. The Kier molecular flexibility index (Phi) is 5.90. The molecule has 0 radical (unpaired) electrons. The van der Waals surface area contributed by atoms with Gasteiger partial charge in [0.05, 0.1) is 12.3 Å². The van der Waals surface area contributed by atoms with Crippen molar-refractivity contribution in [3.63, 3.8) is 0 Å². The lowest BCUT2D eigenvalue weighted by Gasteiger charge is -2.12. The molecule has 5 aromatic rings. The van der Waals surface area contributed by atoms with Gasteiger partial charge in [0.15, 0.2) is 5.16 Å². The van der Waals surface area contributed by atoms with Gasteiger partial charge in [-0.1, -0.05) is 54.2 Å². The van der Waals surface area contributed by atoms with Gasteiger partial charge in [0.25, 0.3) is 5.56 Å². The Morgan fingerprint density at radius 3 is 2.59 bits per heavy atom. The van der Waals surface area contributed by atoms with E-state index in [1.165, 1.54) is 28.5 Å². The normalized spacial score (nSPS) is 11.2. The number of carbonyl (C=O) groups excluding carboxylic acids is 1. The number of aromatic nitrogens is 2. The zero-order valence-electron chi connectivity index (χ0n) is 18.2. The van der Waals surface area contributed by atoms with Crippen LogP contribution in [0.3, 0.4) is 0 Å². The van der Waals surface area contributed by atoms with Gasteiger partial charge in [0.2, 0.25) is 11.5 Å². The summed E-state index contributed by atoms with van der Waals surface area (Å²) >= 11 is 1.17. The summed E-state index contributed by atoms with van der Waals surface area (Å²) in [7, 11) is 0. The molecule has 1 N–H and O–H groups in total. The third kappa shape index (κ3) is 4.32. The number of benzene rings is 3. The van der Waals surface area contributed by atoms with Gasteiger partial charge in [-0.15, -0.1) is 0 Å². The van der Waals surface area contributed by atoms with Crippen molar-refractivity contribution in [1.29, 1.82) is 0 Å². The summed E-state index contributed by atoms with van der Waals surface area (Å²) in [4.78, 5) is 30.8. The smallest absolute Gasteiger partial charge is 0.298 e. The summed E-state index contributed by atoms with van der Waals surface area (Å²) in [6.07, 6.45) is 0. The third-order valence-electron chi connectivity index (χ3n) is 5.45. The lowest BCUT2D eigenvalue weighted by atomic mass is 10.2. The molecule has 0 saturated carbocycles. The molecule has 0 aliphatic carbocycles. The molecule has 0 unspecified atom stereocenters. The molecular formula is C26H20FN3O3S. The maximum Gasteiger partial charge on any atom is 0.298 e. The fourth-order valence-electron chi connectivity index (χ4n) is 3.70. The fraction of sp³-hybridized carbons (Fsp3) is 0.115. The van der Waals surface area contributed by atoms with E-state index >= 15 is 0 Å². The Morgan fingerprint density at radius 1 is 1.06 bits per heavy atom. The predicted molar refractivity (Wildman–Crippen MR) is 132 cm³/mol. The Hall–Kier alpha value is -3.91. The molecule has 2 aromatic heterocycles. The Balaban J connectivity index is 1.51. The maximum atomic E-state index is 13.4. The van der Waals surface area contributed by atoms with E-state index in [0.29, 0.717) is 16.3 Å². The van der Waals surface area contributed by atoms with Gasteiger partial charge in [-0.25, -0.2) is 9.37 Å². The van der Waals surface area contributed by atoms with Crippen molar-refractivity contribution in [2.24, 2.45) is 0 Å². The van der Waals surface area contributed by atoms with Crippen molar-refractivity contribution in [2.75, 3.05) is 11.1 Å². The van der Waals surface area contributed by atoms with Crippen LogP contribution in [0.25, 0.3) is 22.1 Å². The van der Waals surface area contributed by atoms with E-state index < -0.39 is 0 Å². The molecular weight excluding hydrogens is 453 g/mol. The Labute approximate surface area is 198 Å². The predicted octanol–water partition coefficient (Wildman–Crippen LogP) is 5.37. The molecule has 6 nitrogen and oxygen atoms in total.